The van der Waals surface area contributed by atoms with Gasteiger partial charge in [0.15, 0.2) is 0 Å². The molecule has 1 fully saturated rings. The summed E-state index contributed by atoms with van der Waals surface area (Å²) in [4.78, 5) is 2.15. The molecule has 1 aliphatic heterocycles. The lowest BCUT2D eigenvalue weighted by molar-refractivity contribution is 0.131. The van der Waals surface area contributed by atoms with Gasteiger partial charge in [-0.1, -0.05) is 30.3 Å². The molecule has 0 amide bonds. The van der Waals surface area contributed by atoms with Gasteiger partial charge in [-0.05, 0) is 19.7 Å². The molecule has 0 N–H and O–H groups in total. The van der Waals surface area contributed by atoms with Gasteiger partial charge in [0.1, 0.15) is 5.72 Å². The maximum absolute atomic E-state index is 5.49. The maximum Gasteiger partial charge on any atom is 0.149 e. The predicted octanol–water partition coefficient (Wildman–Crippen LogP) is 1.52. The molecule has 1 aliphatic rings. The Kier molecular flexibility index (Phi) is 2.10. The van der Waals surface area contributed by atoms with E-state index in [4.69, 9.17) is 4.74 Å². The van der Waals surface area contributed by atoms with Gasteiger partial charge < -0.3 is 4.74 Å². The highest BCUT2D eigenvalue weighted by molar-refractivity contribution is 5.18. The van der Waals surface area contributed by atoms with Crippen LogP contribution in [0, 0.1) is 0 Å². The normalized spacial score (nSPS) is 26.4. The van der Waals surface area contributed by atoms with Crippen molar-refractivity contribution in [3.63, 3.8) is 0 Å². The van der Waals surface area contributed by atoms with Gasteiger partial charge in [-0.2, -0.15) is 0 Å². The van der Waals surface area contributed by atoms with Crippen LogP contribution in [0.25, 0.3) is 0 Å². The zero-order chi connectivity index (χ0) is 9.31. The van der Waals surface area contributed by atoms with E-state index in [9.17, 15) is 0 Å². The van der Waals surface area contributed by atoms with Crippen molar-refractivity contribution >= 4 is 0 Å². The van der Waals surface area contributed by atoms with E-state index in [1.54, 1.807) is 0 Å². The predicted molar refractivity (Wildman–Crippen MR) is 52.5 cm³/mol. The summed E-state index contributed by atoms with van der Waals surface area (Å²) >= 11 is 0. The Labute approximate surface area is 79.1 Å². The van der Waals surface area contributed by atoms with Crippen LogP contribution in [0.4, 0.5) is 0 Å². The van der Waals surface area contributed by atoms with Crippen molar-refractivity contribution < 1.29 is 4.74 Å². The van der Waals surface area contributed by atoms with Gasteiger partial charge in [-0.3, -0.25) is 4.90 Å². The van der Waals surface area contributed by atoms with E-state index in [-0.39, 0.29) is 5.72 Å². The first kappa shape index (κ1) is 8.73. The van der Waals surface area contributed by atoms with Crippen LogP contribution in [-0.4, -0.2) is 31.3 Å². The van der Waals surface area contributed by atoms with Crippen LogP contribution in [0.15, 0.2) is 30.3 Å². The van der Waals surface area contributed by atoms with Crippen LogP contribution in [0.1, 0.15) is 5.56 Å². The summed E-state index contributed by atoms with van der Waals surface area (Å²) in [7, 11) is 4.13. The van der Waals surface area contributed by atoms with Gasteiger partial charge in [0.25, 0.3) is 0 Å². The second kappa shape index (κ2) is 3.13. The van der Waals surface area contributed by atoms with Crippen molar-refractivity contribution in [2.24, 2.45) is 0 Å². The molecule has 1 aromatic rings. The second-order valence-corrected chi connectivity index (χ2v) is 3.79. The molecule has 0 bridgehead atoms. The molecule has 1 atom stereocenters. The first-order chi connectivity index (χ1) is 6.23. The highest BCUT2D eigenvalue weighted by Gasteiger charge is 2.46. The molecule has 0 aromatic heterocycles. The lowest BCUT2D eigenvalue weighted by Crippen LogP contribution is -2.33. The van der Waals surface area contributed by atoms with Crippen LogP contribution in [0.5, 0.6) is 0 Å². The average molecular weight is 177 g/mol. The van der Waals surface area contributed by atoms with Gasteiger partial charge in [0.2, 0.25) is 0 Å². The zero-order valence-corrected chi connectivity index (χ0v) is 8.16. The largest absolute Gasteiger partial charge is 0.353 e. The van der Waals surface area contributed by atoms with Gasteiger partial charge in [0.05, 0.1) is 6.61 Å². The summed E-state index contributed by atoms with van der Waals surface area (Å²) in [5.74, 6) is 0. The Morgan fingerprint density at radius 1 is 1.31 bits per heavy atom. The molecule has 1 aromatic carbocycles. The molecule has 2 heteroatoms. The van der Waals surface area contributed by atoms with E-state index in [0.29, 0.717) is 0 Å². The van der Waals surface area contributed by atoms with E-state index >= 15 is 0 Å². The van der Waals surface area contributed by atoms with Crippen molar-refractivity contribution in [3.05, 3.63) is 35.9 Å². The van der Waals surface area contributed by atoms with Crippen LogP contribution in [0.2, 0.25) is 0 Å². The van der Waals surface area contributed by atoms with Crippen molar-refractivity contribution in [2.75, 3.05) is 20.7 Å². The minimum atomic E-state index is -0.0125. The van der Waals surface area contributed by atoms with Crippen LogP contribution >= 0.6 is 0 Å². The first-order valence-electron chi connectivity index (χ1n) is 4.58. The summed E-state index contributed by atoms with van der Waals surface area (Å²) in [6.07, 6.45) is 0.987. The summed E-state index contributed by atoms with van der Waals surface area (Å²) in [6.45, 7) is 0.856. The van der Waals surface area contributed by atoms with Gasteiger partial charge in [-0.15, -0.1) is 0 Å². The van der Waals surface area contributed by atoms with E-state index in [1.165, 1.54) is 5.56 Å². The third kappa shape index (κ3) is 1.74. The van der Waals surface area contributed by atoms with E-state index in [2.05, 4.69) is 43.3 Å². The number of likely N-dealkylation sites (N-methyl/N-ethyl adjacent to an activating group) is 1. The fourth-order valence-corrected chi connectivity index (χ4v) is 1.52. The Morgan fingerprint density at radius 2 is 1.92 bits per heavy atom. The topological polar surface area (TPSA) is 15.8 Å². The van der Waals surface area contributed by atoms with Crippen molar-refractivity contribution in [3.8, 4) is 0 Å². The molecule has 0 saturated carbocycles. The van der Waals surface area contributed by atoms with Gasteiger partial charge in [0, 0.05) is 6.42 Å². The lowest BCUT2D eigenvalue weighted by Gasteiger charge is -2.19. The summed E-state index contributed by atoms with van der Waals surface area (Å²) in [6, 6.07) is 10.5. The molecule has 1 saturated heterocycles. The van der Waals surface area contributed by atoms with E-state index in [1.807, 2.05) is 6.07 Å². The SMILES string of the molecule is CN(C)C1(Cc2ccccc2)CO1. The quantitative estimate of drug-likeness (QED) is 0.650. The summed E-state index contributed by atoms with van der Waals surface area (Å²) < 4.78 is 5.49. The van der Waals surface area contributed by atoms with Crippen LogP contribution < -0.4 is 0 Å². The lowest BCUT2D eigenvalue weighted by atomic mass is 10.1. The molecule has 70 valence electrons. The van der Waals surface area contributed by atoms with E-state index < -0.39 is 0 Å². The molecule has 0 spiro atoms. The van der Waals surface area contributed by atoms with Crippen molar-refractivity contribution in [1.29, 1.82) is 0 Å². The monoisotopic (exact) mass is 177 g/mol. The maximum atomic E-state index is 5.49. The molecular weight excluding hydrogens is 162 g/mol. The number of rotatable bonds is 3. The second-order valence-electron chi connectivity index (χ2n) is 3.79. The van der Waals surface area contributed by atoms with Crippen molar-refractivity contribution in [1.82, 2.24) is 4.90 Å². The van der Waals surface area contributed by atoms with Gasteiger partial charge >= 0.3 is 0 Å². The number of epoxide rings is 1. The highest BCUT2D eigenvalue weighted by atomic mass is 16.6. The minimum absolute atomic E-state index is 0.0125. The Bertz CT molecular complexity index is 277. The number of hydrogen-bond acceptors (Lipinski definition) is 2. The fraction of sp³-hybridized carbons (Fsp3) is 0.455. The summed E-state index contributed by atoms with van der Waals surface area (Å²) in [5.41, 5.74) is 1.33. The molecular formula is C11H15NO. The average Bonchev–Trinajstić information content (AvgIpc) is 2.87. The van der Waals surface area contributed by atoms with E-state index in [0.717, 1.165) is 13.0 Å². The number of nitrogens with zero attached hydrogens (tertiary/aromatic N) is 1. The highest BCUT2D eigenvalue weighted by Crippen LogP contribution is 2.32. The Hall–Kier alpha value is -0.860. The van der Waals surface area contributed by atoms with Crippen LogP contribution in [0.3, 0.4) is 0 Å². The molecule has 0 radical (unpaired) electrons. The molecule has 13 heavy (non-hydrogen) atoms. The molecule has 1 heterocycles. The first-order valence-corrected chi connectivity index (χ1v) is 4.58. The fourth-order valence-electron chi connectivity index (χ4n) is 1.52. The van der Waals surface area contributed by atoms with Crippen molar-refractivity contribution in [2.45, 2.75) is 12.1 Å². The smallest absolute Gasteiger partial charge is 0.149 e. The van der Waals surface area contributed by atoms with Gasteiger partial charge in [-0.25, -0.2) is 0 Å². The molecule has 2 nitrogen and oxygen atoms in total. The Morgan fingerprint density at radius 3 is 2.38 bits per heavy atom. The van der Waals surface area contributed by atoms with Crippen LogP contribution in [-0.2, 0) is 11.2 Å². The number of hydrogen-bond donors (Lipinski definition) is 0. The minimum Gasteiger partial charge on any atom is -0.353 e. The third-order valence-corrected chi connectivity index (χ3v) is 2.62. The standard InChI is InChI=1S/C11H15NO/c1-12(2)11(9-13-11)8-10-6-4-3-5-7-10/h3-7H,8-9H2,1-2H3. The molecule has 0 aliphatic carbocycles. The Balaban J connectivity index is 2.07. The third-order valence-electron chi connectivity index (χ3n) is 2.62. The summed E-state index contributed by atoms with van der Waals surface area (Å²) in [5, 5.41) is 0. The number of ether oxygens (including phenoxy) is 1. The number of benzene rings is 1. The molecule has 1 unspecified atom stereocenters. The zero-order valence-electron chi connectivity index (χ0n) is 8.16. The molecule has 2 rings (SSSR count).